The third-order valence-electron chi connectivity index (χ3n) is 3.78. The van der Waals surface area contributed by atoms with Crippen LogP contribution in [0.3, 0.4) is 0 Å². The van der Waals surface area contributed by atoms with Gasteiger partial charge in [0.1, 0.15) is 5.82 Å². The molecular weight excluding hydrogens is 391 g/mol. The molecule has 3 aromatic rings. The number of amides is 1. The molecule has 2 aromatic carbocycles. The average Bonchev–Trinajstić information content (AvgIpc) is 2.96. The molecule has 5 nitrogen and oxygen atoms in total. The maximum Gasteiger partial charge on any atom is 0.307 e. The Kier molecular flexibility index (Phi) is 6.03. The second-order valence-corrected chi connectivity index (χ2v) is 7.07. The second kappa shape index (κ2) is 8.45. The first-order valence-corrected chi connectivity index (χ1v) is 9.46. The number of fused-ring (bicyclic) bond motifs is 1. The van der Waals surface area contributed by atoms with Gasteiger partial charge in [-0.1, -0.05) is 22.9 Å². The Morgan fingerprint density at radius 3 is 2.67 bits per heavy atom. The van der Waals surface area contributed by atoms with Gasteiger partial charge in [0.2, 0.25) is 0 Å². The van der Waals surface area contributed by atoms with E-state index in [-0.39, 0.29) is 24.8 Å². The third-order valence-corrected chi connectivity index (χ3v) is 5.07. The summed E-state index contributed by atoms with van der Waals surface area (Å²) in [6.07, 6.45) is 0.124. The monoisotopic (exact) mass is 406 g/mol. The van der Waals surface area contributed by atoms with Gasteiger partial charge in [0.15, 0.2) is 4.80 Å². The van der Waals surface area contributed by atoms with Crippen molar-refractivity contribution < 1.29 is 18.7 Å². The fourth-order valence-corrected chi connectivity index (χ4v) is 3.73. The van der Waals surface area contributed by atoms with Crippen molar-refractivity contribution in [2.24, 2.45) is 4.99 Å². The summed E-state index contributed by atoms with van der Waals surface area (Å²) in [5.41, 5.74) is 1.09. The van der Waals surface area contributed by atoms with Gasteiger partial charge in [0, 0.05) is 17.1 Å². The summed E-state index contributed by atoms with van der Waals surface area (Å²) in [7, 11) is 0. The van der Waals surface area contributed by atoms with Crippen LogP contribution in [0.1, 0.15) is 23.7 Å². The molecule has 3 rings (SSSR count). The van der Waals surface area contributed by atoms with Crippen LogP contribution in [-0.4, -0.2) is 23.1 Å². The molecule has 0 bridgehead atoms. The maximum absolute atomic E-state index is 13.6. The summed E-state index contributed by atoms with van der Waals surface area (Å²) in [5.74, 6) is -1.16. The van der Waals surface area contributed by atoms with Crippen LogP contribution in [0.2, 0.25) is 5.02 Å². The zero-order chi connectivity index (χ0) is 19.4. The molecule has 0 aliphatic rings. The normalized spacial score (nSPS) is 11.7. The van der Waals surface area contributed by atoms with E-state index in [4.69, 9.17) is 16.3 Å². The molecule has 140 valence electrons. The molecule has 0 saturated carbocycles. The van der Waals surface area contributed by atoms with Gasteiger partial charge in [-0.05, 0) is 49.4 Å². The highest BCUT2D eigenvalue weighted by atomic mass is 35.5. The van der Waals surface area contributed by atoms with Crippen LogP contribution in [0.25, 0.3) is 10.2 Å². The lowest BCUT2D eigenvalue weighted by molar-refractivity contribution is -0.143. The highest BCUT2D eigenvalue weighted by molar-refractivity contribution is 7.16. The highest BCUT2D eigenvalue weighted by Gasteiger charge is 2.12. The summed E-state index contributed by atoms with van der Waals surface area (Å²) < 4.78 is 20.9. The lowest BCUT2D eigenvalue weighted by Gasteiger charge is -2.05. The van der Waals surface area contributed by atoms with Crippen LogP contribution >= 0.6 is 22.9 Å². The van der Waals surface area contributed by atoms with E-state index in [1.54, 1.807) is 41.8 Å². The van der Waals surface area contributed by atoms with E-state index < -0.39 is 5.91 Å². The molecule has 1 heterocycles. The van der Waals surface area contributed by atoms with Crippen molar-refractivity contribution in [2.75, 3.05) is 6.61 Å². The van der Waals surface area contributed by atoms with E-state index in [1.807, 2.05) is 0 Å². The van der Waals surface area contributed by atoms with Crippen molar-refractivity contribution >= 4 is 45.0 Å². The minimum absolute atomic E-state index is 0.124. The number of benzene rings is 2. The van der Waals surface area contributed by atoms with Crippen LogP contribution in [0.5, 0.6) is 0 Å². The fourth-order valence-electron chi connectivity index (χ4n) is 2.53. The van der Waals surface area contributed by atoms with Gasteiger partial charge < -0.3 is 9.30 Å². The summed E-state index contributed by atoms with van der Waals surface area (Å²) in [6.45, 7) is 2.31. The number of thiazole rings is 1. The third kappa shape index (κ3) is 4.61. The Balaban J connectivity index is 2.02. The number of halogens is 2. The van der Waals surface area contributed by atoms with Crippen LogP contribution < -0.4 is 4.80 Å². The SMILES string of the molecule is CCOC(=O)CCn1c(=NC(=O)c2ccc(Cl)cc2)sc2cc(F)ccc21. The first-order valence-electron chi connectivity index (χ1n) is 8.27. The van der Waals surface area contributed by atoms with Crippen molar-refractivity contribution in [3.05, 3.63) is 63.7 Å². The number of aryl methyl sites for hydroxylation is 1. The Hall–Kier alpha value is -2.51. The van der Waals surface area contributed by atoms with Gasteiger partial charge >= 0.3 is 5.97 Å². The molecule has 1 amide bonds. The Morgan fingerprint density at radius 2 is 1.96 bits per heavy atom. The summed E-state index contributed by atoms with van der Waals surface area (Å²) >= 11 is 7.03. The van der Waals surface area contributed by atoms with Crippen molar-refractivity contribution in [3.8, 4) is 0 Å². The zero-order valence-electron chi connectivity index (χ0n) is 14.4. The number of carbonyl (C=O) groups is 2. The molecule has 0 unspecified atom stereocenters. The van der Waals surface area contributed by atoms with Gasteiger partial charge in [0.25, 0.3) is 5.91 Å². The molecule has 0 atom stereocenters. The quantitative estimate of drug-likeness (QED) is 0.597. The van der Waals surface area contributed by atoms with Crippen molar-refractivity contribution in [1.29, 1.82) is 0 Å². The number of hydrogen-bond acceptors (Lipinski definition) is 4. The molecule has 0 N–H and O–H groups in total. The van der Waals surface area contributed by atoms with E-state index in [0.29, 0.717) is 32.2 Å². The fraction of sp³-hybridized carbons (Fsp3) is 0.211. The maximum atomic E-state index is 13.6. The highest BCUT2D eigenvalue weighted by Crippen LogP contribution is 2.19. The number of nitrogens with zero attached hydrogens (tertiary/aromatic N) is 2. The number of carbonyl (C=O) groups excluding carboxylic acids is 2. The van der Waals surface area contributed by atoms with Gasteiger partial charge in [-0.2, -0.15) is 4.99 Å². The first kappa shape index (κ1) is 19.3. The first-order chi connectivity index (χ1) is 13.0. The van der Waals surface area contributed by atoms with Gasteiger partial charge in [-0.3, -0.25) is 9.59 Å². The Bertz CT molecular complexity index is 1060. The minimum atomic E-state index is -0.441. The number of hydrogen-bond donors (Lipinski definition) is 0. The molecule has 1 aromatic heterocycles. The van der Waals surface area contributed by atoms with Gasteiger partial charge in [0.05, 0.1) is 23.2 Å². The molecule has 0 aliphatic carbocycles. The predicted octanol–water partition coefficient (Wildman–Crippen LogP) is 4.19. The van der Waals surface area contributed by atoms with Crippen LogP contribution in [0.4, 0.5) is 4.39 Å². The Labute approximate surface area is 163 Å². The number of esters is 1. The average molecular weight is 407 g/mol. The molecule has 27 heavy (non-hydrogen) atoms. The van der Waals surface area contributed by atoms with Crippen molar-refractivity contribution in [1.82, 2.24) is 4.57 Å². The predicted molar refractivity (Wildman–Crippen MR) is 102 cm³/mol. The van der Waals surface area contributed by atoms with E-state index in [1.165, 1.54) is 23.5 Å². The van der Waals surface area contributed by atoms with E-state index in [9.17, 15) is 14.0 Å². The van der Waals surface area contributed by atoms with Crippen LogP contribution in [0, 0.1) is 5.82 Å². The smallest absolute Gasteiger partial charge is 0.307 e. The van der Waals surface area contributed by atoms with Crippen LogP contribution in [0.15, 0.2) is 47.5 Å². The summed E-state index contributed by atoms with van der Waals surface area (Å²) in [4.78, 5) is 28.8. The summed E-state index contributed by atoms with van der Waals surface area (Å²) in [6, 6.07) is 10.7. The molecule has 0 saturated heterocycles. The lowest BCUT2D eigenvalue weighted by Crippen LogP contribution is -2.19. The summed E-state index contributed by atoms with van der Waals surface area (Å²) in [5, 5.41) is 0.522. The van der Waals surface area contributed by atoms with E-state index in [2.05, 4.69) is 4.99 Å². The lowest BCUT2D eigenvalue weighted by atomic mass is 10.2. The molecule has 0 aliphatic heterocycles. The van der Waals surface area contributed by atoms with Gasteiger partial charge in [-0.25, -0.2) is 4.39 Å². The minimum Gasteiger partial charge on any atom is -0.466 e. The Morgan fingerprint density at radius 1 is 1.22 bits per heavy atom. The largest absolute Gasteiger partial charge is 0.466 e. The topological polar surface area (TPSA) is 60.7 Å². The molecule has 0 spiro atoms. The van der Waals surface area contributed by atoms with E-state index in [0.717, 1.165) is 0 Å². The standard InChI is InChI=1S/C19H16ClFN2O3S/c1-2-26-17(24)9-10-23-15-8-7-14(21)11-16(15)27-19(23)22-18(25)12-3-5-13(20)6-4-12/h3-8,11H,2,9-10H2,1H3. The van der Waals surface area contributed by atoms with Crippen LogP contribution in [-0.2, 0) is 16.1 Å². The zero-order valence-corrected chi connectivity index (χ0v) is 16.0. The molecular formula is C19H16ClFN2O3S. The molecule has 8 heteroatoms. The molecule has 0 radical (unpaired) electrons. The van der Waals surface area contributed by atoms with E-state index >= 15 is 0 Å². The molecule has 0 fully saturated rings. The number of aromatic nitrogens is 1. The number of rotatable bonds is 5. The number of ether oxygens (including phenoxy) is 1. The van der Waals surface area contributed by atoms with Crippen molar-refractivity contribution in [2.45, 2.75) is 19.9 Å². The van der Waals surface area contributed by atoms with Crippen molar-refractivity contribution in [3.63, 3.8) is 0 Å². The van der Waals surface area contributed by atoms with Gasteiger partial charge in [-0.15, -0.1) is 0 Å². The second-order valence-electron chi connectivity index (χ2n) is 5.63.